The van der Waals surface area contributed by atoms with Gasteiger partial charge in [0, 0.05) is 24.2 Å². The van der Waals surface area contributed by atoms with E-state index in [0.717, 1.165) is 11.1 Å². The van der Waals surface area contributed by atoms with E-state index in [2.05, 4.69) is 0 Å². The van der Waals surface area contributed by atoms with Crippen molar-refractivity contribution in [3.63, 3.8) is 0 Å². The third-order valence-electron chi connectivity index (χ3n) is 5.18. The maximum absolute atomic E-state index is 14.7. The van der Waals surface area contributed by atoms with Gasteiger partial charge in [-0.15, -0.1) is 0 Å². The van der Waals surface area contributed by atoms with Gasteiger partial charge in [0.15, 0.2) is 0 Å². The highest BCUT2D eigenvalue weighted by atomic mass is 19.1. The zero-order valence-corrected chi connectivity index (χ0v) is 17.1. The zero-order chi connectivity index (χ0) is 21.3. The summed E-state index contributed by atoms with van der Waals surface area (Å²) in [4.78, 5) is 28.9. The van der Waals surface area contributed by atoms with Crippen molar-refractivity contribution in [3.8, 4) is 0 Å². The lowest BCUT2D eigenvalue weighted by molar-refractivity contribution is -0.140. The number of rotatable bonds is 5. The number of aliphatic hydroxyl groups excluding tert-OH is 1. The Balaban J connectivity index is 2.22. The molecule has 1 aliphatic rings. The molecule has 2 aromatic rings. The fraction of sp³-hybridized carbons (Fsp3) is 0.304. The standard InChI is InChI=1S/C23H25FN2O3/c1-14-9-10-15(2)17(13-14)21(27)19-20(16-7-5-6-8-18(16)24)26(12-11-25(3)4)23(29)22(19)28/h5-10,13,20,27H,11-12H2,1-4H3. The molecule has 152 valence electrons. The Morgan fingerprint density at radius 1 is 1.14 bits per heavy atom. The number of Topliss-reactive ketones (excluding diaryl/α,β-unsaturated/α-hetero) is 1. The van der Waals surface area contributed by atoms with Crippen LogP contribution in [0.1, 0.15) is 28.3 Å². The summed E-state index contributed by atoms with van der Waals surface area (Å²) < 4.78 is 14.7. The van der Waals surface area contributed by atoms with Crippen molar-refractivity contribution in [1.82, 2.24) is 9.80 Å². The summed E-state index contributed by atoms with van der Waals surface area (Å²) in [6.07, 6.45) is 0. The quantitative estimate of drug-likeness (QED) is 0.478. The van der Waals surface area contributed by atoms with Crippen LogP contribution in [0.2, 0.25) is 0 Å². The number of ketones is 1. The lowest BCUT2D eigenvalue weighted by Crippen LogP contribution is -2.35. The number of aryl methyl sites for hydroxylation is 2. The van der Waals surface area contributed by atoms with Gasteiger partial charge in [-0.2, -0.15) is 0 Å². The monoisotopic (exact) mass is 396 g/mol. The van der Waals surface area contributed by atoms with Gasteiger partial charge in [0.1, 0.15) is 11.6 Å². The fourth-order valence-corrected chi connectivity index (χ4v) is 3.57. The van der Waals surface area contributed by atoms with E-state index in [9.17, 15) is 19.1 Å². The van der Waals surface area contributed by atoms with E-state index in [0.29, 0.717) is 12.1 Å². The molecule has 29 heavy (non-hydrogen) atoms. The lowest BCUT2D eigenvalue weighted by Gasteiger charge is -2.27. The number of carbonyl (C=O) groups is 2. The van der Waals surface area contributed by atoms with Crippen LogP contribution in [0.5, 0.6) is 0 Å². The number of amides is 1. The van der Waals surface area contributed by atoms with Gasteiger partial charge >= 0.3 is 0 Å². The molecule has 0 spiro atoms. The Morgan fingerprint density at radius 2 is 1.83 bits per heavy atom. The Bertz CT molecular complexity index is 997. The molecule has 1 aliphatic heterocycles. The number of likely N-dealkylation sites (tertiary alicyclic amines) is 1. The second-order valence-corrected chi connectivity index (χ2v) is 7.64. The van der Waals surface area contributed by atoms with Crippen LogP contribution < -0.4 is 0 Å². The molecule has 0 saturated carbocycles. The summed E-state index contributed by atoms with van der Waals surface area (Å²) in [6.45, 7) is 4.43. The maximum Gasteiger partial charge on any atom is 0.295 e. The van der Waals surface area contributed by atoms with Crippen LogP contribution in [0.15, 0.2) is 48.0 Å². The van der Waals surface area contributed by atoms with Crippen LogP contribution in [0.25, 0.3) is 5.76 Å². The van der Waals surface area contributed by atoms with Crippen LogP contribution in [0, 0.1) is 19.7 Å². The molecular formula is C23H25FN2O3. The Morgan fingerprint density at radius 3 is 2.48 bits per heavy atom. The van der Waals surface area contributed by atoms with Gasteiger partial charge in [0.2, 0.25) is 0 Å². The molecule has 1 saturated heterocycles. The normalized spacial score (nSPS) is 18.7. The van der Waals surface area contributed by atoms with E-state index in [1.807, 2.05) is 45.0 Å². The molecule has 1 unspecified atom stereocenters. The average molecular weight is 396 g/mol. The van der Waals surface area contributed by atoms with Crippen LogP contribution in [-0.2, 0) is 9.59 Å². The third kappa shape index (κ3) is 3.93. The molecule has 0 aliphatic carbocycles. The Kier molecular flexibility index (Phi) is 5.84. The summed E-state index contributed by atoms with van der Waals surface area (Å²) in [5.41, 5.74) is 2.25. The van der Waals surface area contributed by atoms with E-state index in [1.54, 1.807) is 24.3 Å². The van der Waals surface area contributed by atoms with Gasteiger partial charge in [-0.05, 0) is 45.6 Å². The number of carbonyl (C=O) groups excluding carboxylic acids is 2. The topological polar surface area (TPSA) is 60.9 Å². The zero-order valence-electron chi connectivity index (χ0n) is 17.1. The number of benzene rings is 2. The van der Waals surface area contributed by atoms with Gasteiger partial charge in [-0.25, -0.2) is 4.39 Å². The molecule has 3 rings (SSSR count). The number of halogens is 1. The van der Waals surface area contributed by atoms with Gasteiger partial charge < -0.3 is 14.9 Å². The predicted molar refractivity (Wildman–Crippen MR) is 110 cm³/mol. The molecule has 2 aromatic carbocycles. The van der Waals surface area contributed by atoms with Gasteiger partial charge in [-0.1, -0.05) is 35.9 Å². The number of likely N-dealkylation sites (N-methyl/N-ethyl adjacent to an activating group) is 1. The minimum atomic E-state index is -0.976. The molecule has 1 atom stereocenters. The average Bonchev–Trinajstić information content (AvgIpc) is 2.92. The highest BCUT2D eigenvalue weighted by Crippen LogP contribution is 2.40. The van der Waals surface area contributed by atoms with E-state index < -0.39 is 23.5 Å². The SMILES string of the molecule is Cc1ccc(C)c(C(O)=C2C(=O)C(=O)N(CCN(C)C)C2c2ccccc2F)c1. The van der Waals surface area contributed by atoms with Crippen LogP contribution in [0.4, 0.5) is 4.39 Å². The first kappa shape index (κ1) is 20.7. The van der Waals surface area contributed by atoms with Crippen molar-refractivity contribution in [2.24, 2.45) is 0 Å². The van der Waals surface area contributed by atoms with E-state index in [4.69, 9.17) is 0 Å². The highest BCUT2D eigenvalue weighted by Gasteiger charge is 2.46. The van der Waals surface area contributed by atoms with Crippen LogP contribution in [0.3, 0.4) is 0 Å². The Hall–Kier alpha value is -2.99. The van der Waals surface area contributed by atoms with Crippen molar-refractivity contribution in [3.05, 3.63) is 76.1 Å². The maximum atomic E-state index is 14.7. The number of hydrogen-bond donors (Lipinski definition) is 1. The molecule has 0 bridgehead atoms. The summed E-state index contributed by atoms with van der Waals surface area (Å²) in [6, 6.07) is 10.6. The van der Waals surface area contributed by atoms with E-state index >= 15 is 0 Å². The first-order valence-electron chi connectivity index (χ1n) is 9.47. The minimum absolute atomic E-state index is 0.0763. The van der Waals surface area contributed by atoms with Crippen molar-refractivity contribution >= 4 is 17.4 Å². The molecule has 0 aromatic heterocycles. The molecule has 1 heterocycles. The second-order valence-electron chi connectivity index (χ2n) is 7.64. The van der Waals surface area contributed by atoms with Crippen LogP contribution in [-0.4, -0.2) is 53.8 Å². The molecule has 6 heteroatoms. The number of hydrogen-bond acceptors (Lipinski definition) is 4. The van der Waals surface area contributed by atoms with Gasteiger partial charge in [0.25, 0.3) is 11.7 Å². The molecule has 1 fully saturated rings. The van der Waals surface area contributed by atoms with Crippen molar-refractivity contribution in [2.45, 2.75) is 19.9 Å². The lowest BCUT2D eigenvalue weighted by atomic mass is 9.93. The number of aliphatic hydroxyl groups is 1. The second kappa shape index (κ2) is 8.17. The summed E-state index contributed by atoms with van der Waals surface area (Å²) in [5.74, 6) is -2.33. The van der Waals surface area contributed by atoms with Crippen molar-refractivity contribution in [1.29, 1.82) is 0 Å². The molecule has 0 radical (unpaired) electrons. The minimum Gasteiger partial charge on any atom is -0.507 e. The van der Waals surface area contributed by atoms with Crippen molar-refractivity contribution in [2.75, 3.05) is 27.2 Å². The van der Waals surface area contributed by atoms with E-state index in [-0.39, 0.29) is 23.4 Å². The highest BCUT2D eigenvalue weighted by molar-refractivity contribution is 6.46. The predicted octanol–water partition coefficient (Wildman–Crippen LogP) is 3.43. The Labute approximate surface area is 170 Å². The largest absolute Gasteiger partial charge is 0.507 e. The molecular weight excluding hydrogens is 371 g/mol. The summed E-state index contributed by atoms with van der Waals surface area (Å²) in [7, 11) is 3.70. The smallest absolute Gasteiger partial charge is 0.295 e. The van der Waals surface area contributed by atoms with Crippen molar-refractivity contribution < 1.29 is 19.1 Å². The molecule has 1 amide bonds. The number of nitrogens with zero attached hydrogens (tertiary/aromatic N) is 2. The van der Waals surface area contributed by atoms with Crippen LogP contribution >= 0.6 is 0 Å². The third-order valence-corrected chi connectivity index (χ3v) is 5.18. The fourth-order valence-electron chi connectivity index (χ4n) is 3.57. The first-order chi connectivity index (χ1) is 13.7. The summed E-state index contributed by atoms with van der Waals surface area (Å²) in [5, 5.41) is 11.1. The van der Waals surface area contributed by atoms with E-state index in [1.165, 1.54) is 11.0 Å². The summed E-state index contributed by atoms with van der Waals surface area (Å²) >= 11 is 0. The van der Waals surface area contributed by atoms with Gasteiger partial charge in [0.05, 0.1) is 11.6 Å². The first-order valence-corrected chi connectivity index (χ1v) is 9.47. The van der Waals surface area contributed by atoms with Gasteiger partial charge in [-0.3, -0.25) is 9.59 Å². The molecule has 5 nitrogen and oxygen atoms in total. The molecule has 1 N–H and O–H groups in total.